The molecule has 0 aromatic heterocycles. The number of hydrogen-bond acceptors (Lipinski definition) is 2. The molecule has 1 heterocycles. The number of amides is 1. The Kier molecular flexibility index (Phi) is 14.8. The summed E-state index contributed by atoms with van der Waals surface area (Å²) in [4.78, 5) is 15.9. The van der Waals surface area contributed by atoms with Crippen molar-refractivity contribution in [1.82, 2.24) is 5.32 Å². The number of allylic oxidation sites excluding steroid dienone is 2. The molecule has 1 amide bonds. The average molecular weight is 407 g/mol. The van der Waals surface area contributed by atoms with E-state index in [4.69, 9.17) is 4.99 Å². The van der Waals surface area contributed by atoms with Gasteiger partial charge in [-0.2, -0.15) is 0 Å². The number of unbranched alkanes of at least 4 members (excludes halogenated alkanes) is 10. The fourth-order valence-electron chi connectivity index (χ4n) is 4.42. The Labute approximate surface area is 180 Å². The molecule has 0 radical (unpaired) electrons. The van der Waals surface area contributed by atoms with E-state index in [2.05, 4.69) is 37.5 Å². The lowest BCUT2D eigenvalue weighted by molar-refractivity contribution is -0.935. The van der Waals surface area contributed by atoms with Crippen LogP contribution in [0.2, 0.25) is 0 Å². The van der Waals surface area contributed by atoms with E-state index < -0.39 is 0 Å². The molecule has 0 aromatic rings. The van der Waals surface area contributed by atoms with Crippen LogP contribution in [0.25, 0.3) is 0 Å². The van der Waals surface area contributed by atoms with Gasteiger partial charge < -0.3 is 5.32 Å². The minimum absolute atomic E-state index is 0.0695. The molecule has 168 valence electrons. The molecule has 0 aliphatic carbocycles. The summed E-state index contributed by atoms with van der Waals surface area (Å²) < 4.78 is 1.02. The molecule has 4 heteroatoms. The minimum Gasteiger partial charge on any atom is -0.351 e. The maximum absolute atomic E-state index is 11.2. The van der Waals surface area contributed by atoms with Gasteiger partial charge in [0.25, 0.3) is 0 Å². The lowest BCUT2D eigenvalue weighted by Crippen LogP contribution is -2.55. The summed E-state index contributed by atoms with van der Waals surface area (Å²) in [5.74, 6) is 0.0695. The smallest absolute Gasteiger partial charge is 0.217 e. The van der Waals surface area contributed by atoms with Gasteiger partial charge in [-0.1, -0.05) is 70.4 Å². The lowest BCUT2D eigenvalue weighted by Gasteiger charge is -2.38. The van der Waals surface area contributed by atoms with Gasteiger partial charge >= 0.3 is 0 Å². The number of nitrogens with one attached hydrogen (secondary N) is 1. The third-order valence-corrected chi connectivity index (χ3v) is 6.40. The van der Waals surface area contributed by atoms with Crippen molar-refractivity contribution in [1.29, 1.82) is 0 Å². The SMILES string of the molecule is CC/C=C/CCCCCCCCCCCCC1N=CC[N+]1(CC)CCNC(C)=O. The highest BCUT2D eigenvalue weighted by Gasteiger charge is 2.37. The monoisotopic (exact) mass is 406 g/mol. The van der Waals surface area contributed by atoms with Gasteiger partial charge in [0, 0.05) is 13.3 Å². The Hall–Kier alpha value is -1.16. The molecule has 1 N–H and O–H groups in total. The Balaban J connectivity index is 2.01. The first-order valence-electron chi connectivity index (χ1n) is 12.4. The van der Waals surface area contributed by atoms with Crippen molar-refractivity contribution in [2.45, 2.75) is 110 Å². The zero-order valence-corrected chi connectivity index (χ0v) is 19.6. The summed E-state index contributed by atoms with van der Waals surface area (Å²) >= 11 is 0. The van der Waals surface area contributed by atoms with Crippen LogP contribution in [0.5, 0.6) is 0 Å². The van der Waals surface area contributed by atoms with E-state index in [1.165, 1.54) is 83.5 Å². The van der Waals surface area contributed by atoms with Gasteiger partial charge in [0.2, 0.25) is 5.91 Å². The van der Waals surface area contributed by atoms with Crippen molar-refractivity contribution in [3.05, 3.63) is 12.2 Å². The summed E-state index contributed by atoms with van der Waals surface area (Å²) in [5.41, 5.74) is 0. The molecule has 1 rings (SSSR count). The molecule has 1 aliphatic rings. The molecule has 29 heavy (non-hydrogen) atoms. The quantitative estimate of drug-likeness (QED) is 0.169. The van der Waals surface area contributed by atoms with Crippen molar-refractivity contribution in [2.75, 3.05) is 26.2 Å². The number of rotatable bonds is 18. The normalized spacial score (nSPS) is 21.3. The summed E-state index contributed by atoms with van der Waals surface area (Å²) in [6.45, 7) is 9.94. The van der Waals surface area contributed by atoms with Crippen molar-refractivity contribution in [2.24, 2.45) is 4.99 Å². The maximum Gasteiger partial charge on any atom is 0.217 e. The molecule has 2 atom stereocenters. The summed E-state index contributed by atoms with van der Waals surface area (Å²) in [6, 6.07) is 0. The third kappa shape index (κ3) is 11.6. The first-order valence-corrected chi connectivity index (χ1v) is 12.4. The highest BCUT2D eigenvalue weighted by atomic mass is 16.1. The Morgan fingerprint density at radius 1 is 1.00 bits per heavy atom. The van der Waals surface area contributed by atoms with Gasteiger partial charge in [0.15, 0.2) is 6.17 Å². The first-order chi connectivity index (χ1) is 14.1. The Morgan fingerprint density at radius 2 is 1.62 bits per heavy atom. The van der Waals surface area contributed by atoms with Gasteiger partial charge in [-0.15, -0.1) is 0 Å². The van der Waals surface area contributed by atoms with E-state index in [0.29, 0.717) is 6.17 Å². The highest BCUT2D eigenvalue weighted by molar-refractivity contribution is 5.72. The lowest BCUT2D eigenvalue weighted by atomic mass is 10.0. The van der Waals surface area contributed by atoms with Crippen molar-refractivity contribution in [3.63, 3.8) is 0 Å². The van der Waals surface area contributed by atoms with Crippen LogP contribution >= 0.6 is 0 Å². The van der Waals surface area contributed by atoms with E-state index in [9.17, 15) is 4.79 Å². The standard InChI is InChI=1S/C25H47N3O/c1-4-6-7-8-9-10-11-12-13-14-15-16-17-18-19-25-27-21-23-28(25,5-2)22-20-26-24(3)29/h6-7,21,25H,4-5,8-20,22-23H2,1-3H3/p+1/b7-6+. The van der Waals surface area contributed by atoms with E-state index in [0.717, 1.165) is 30.7 Å². The van der Waals surface area contributed by atoms with E-state index >= 15 is 0 Å². The summed E-state index contributed by atoms with van der Waals surface area (Å²) in [7, 11) is 0. The largest absolute Gasteiger partial charge is 0.351 e. The number of aliphatic imine (C=N–C) groups is 1. The fourth-order valence-corrected chi connectivity index (χ4v) is 4.42. The molecule has 0 saturated heterocycles. The summed E-state index contributed by atoms with van der Waals surface area (Å²) in [5, 5.41) is 2.96. The topological polar surface area (TPSA) is 41.5 Å². The van der Waals surface area contributed by atoms with Crippen LogP contribution < -0.4 is 5.32 Å². The van der Waals surface area contributed by atoms with Crippen LogP contribution in [0, 0.1) is 0 Å². The zero-order chi connectivity index (χ0) is 21.2. The van der Waals surface area contributed by atoms with Crippen LogP contribution in [0.1, 0.15) is 104 Å². The molecular formula is C25H48N3O+. The van der Waals surface area contributed by atoms with Crippen LogP contribution in [-0.4, -0.2) is 48.9 Å². The van der Waals surface area contributed by atoms with Crippen LogP contribution in [-0.2, 0) is 4.79 Å². The van der Waals surface area contributed by atoms with Crippen LogP contribution in [0.15, 0.2) is 17.1 Å². The molecule has 4 nitrogen and oxygen atoms in total. The second-order valence-corrected chi connectivity index (χ2v) is 8.73. The van der Waals surface area contributed by atoms with Crippen molar-refractivity contribution in [3.8, 4) is 0 Å². The molecule has 0 fully saturated rings. The first kappa shape index (κ1) is 25.9. The number of nitrogens with zero attached hydrogens (tertiary/aromatic N) is 2. The Bertz CT molecular complexity index is 475. The fraction of sp³-hybridized carbons (Fsp3) is 0.840. The highest BCUT2D eigenvalue weighted by Crippen LogP contribution is 2.24. The van der Waals surface area contributed by atoms with Gasteiger partial charge in [-0.05, 0) is 32.6 Å². The third-order valence-electron chi connectivity index (χ3n) is 6.40. The van der Waals surface area contributed by atoms with Crippen LogP contribution in [0.3, 0.4) is 0 Å². The minimum atomic E-state index is 0.0695. The number of carbonyl (C=O) groups is 1. The molecule has 0 aromatic carbocycles. The zero-order valence-electron chi connectivity index (χ0n) is 19.6. The molecular weight excluding hydrogens is 358 g/mol. The predicted molar refractivity (Wildman–Crippen MR) is 126 cm³/mol. The van der Waals surface area contributed by atoms with Crippen LogP contribution in [0.4, 0.5) is 0 Å². The molecule has 0 bridgehead atoms. The van der Waals surface area contributed by atoms with Gasteiger partial charge in [0.05, 0.1) is 25.8 Å². The van der Waals surface area contributed by atoms with Gasteiger partial charge in [-0.3, -0.25) is 9.28 Å². The number of carbonyl (C=O) groups excluding carboxylic acids is 1. The van der Waals surface area contributed by atoms with Gasteiger partial charge in [0.1, 0.15) is 6.54 Å². The van der Waals surface area contributed by atoms with E-state index in [1.807, 2.05) is 0 Å². The Morgan fingerprint density at radius 3 is 2.21 bits per heavy atom. The van der Waals surface area contributed by atoms with E-state index in [-0.39, 0.29) is 5.91 Å². The van der Waals surface area contributed by atoms with Gasteiger partial charge in [-0.25, -0.2) is 4.99 Å². The molecule has 1 aliphatic heterocycles. The second kappa shape index (κ2) is 16.6. The average Bonchev–Trinajstić information content (AvgIpc) is 3.11. The maximum atomic E-state index is 11.2. The number of hydrogen-bond donors (Lipinski definition) is 1. The molecule has 0 saturated carbocycles. The number of quaternary nitrogens is 1. The molecule has 2 unspecified atom stereocenters. The van der Waals surface area contributed by atoms with Crippen molar-refractivity contribution >= 4 is 12.1 Å². The second-order valence-electron chi connectivity index (χ2n) is 8.73. The van der Waals surface area contributed by atoms with E-state index in [1.54, 1.807) is 6.92 Å². The molecule has 0 spiro atoms. The summed E-state index contributed by atoms with van der Waals surface area (Å²) in [6.07, 6.45) is 24.6. The van der Waals surface area contributed by atoms with Crippen molar-refractivity contribution < 1.29 is 9.28 Å². The predicted octanol–water partition coefficient (Wildman–Crippen LogP) is 6.02. The number of likely N-dealkylation sites (N-methyl/N-ethyl adjacent to an activating group) is 1.